The lowest BCUT2D eigenvalue weighted by molar-refractivity contribution is -0.155. The molecule has 0 radical (unpaired) electrons. The Bertz CT molecular complexity index is 1370. The van der Waals surface area contributed by atoms with Crippen LogP contribution in [0.25, 0.3) is 0 Å². The predicted molar refractivity (Wildman–Crippen MR) is 133 cm³/mol. The first-order valence-electron chi connectivity index (χ1n) is 12.3. The molecule has 38 heavy (non-hydrogen) atoms. The van der Waals surface area contributed by atoms with Crippen molar-refractivity contribution in [3.8, 4) is 0 Å². The molecule has 2 bridgehead atoms. The maximum Gasteiger partial charge on any atom is 0.326 e. The van der Waals surface area contributed by atoms with Gasteiger partial charge in [0.05, 0.1) is 11.8 Å². The van der Waals surface area contributed by atoms with Crippen molar-refractivity contribution in [2.45, 2.75) is 11.8 Å². The van der Waals surface area contributed by atoms with Gasteiger partial charge in [0.1, 0.15) is 6.54 Å². The van der Waals surface area contributed by atoms with Gasteiger partial charge < -0.3 is 4.74 Å². The number of carbonyl (C=O) groups is 5. The predicted octanol–water partition coefficient (Wildman–Crippen LogP) is 1.88. The van der Waals surface area contributed by atoms with Crippen LogP contribution in [0.4, 0.5) is 0 Å². The van der Waals surface area contributed by atoms with Gasteiger partial charge in [-0.05, 0) is 34.4 Å². The number of imide groups is 1. The van der Waals surface area contributed by atoms with E-state index in [1.54, 1.807) is 30.3 Å². The fourth-order valence-corrected chi connectivity index (χ4v) is 6.04. The molecule has 0 saturated carbocycles. The van der Waals surface area contributed by atoms with Gasteiger partial charge in [-0.15, -0.1) is 0 Å². The third-order valence-corrected chi connectivity index (χ3v) is 7.54. The number of hydrogen-bond acceptors (Lipinski definition) is 6. The van der Waals surface area contributed by atoms with Gasteiger partial charge in [-0.3, -0.25) is 39.7 Å². The van der Waals surface area contributed by atoms with E-state index >= 15 is 0 Å². The number of benzene rings is 3. The van der Waals surface area contributed by atoms with Crippen molar-refractivity contribution >= 4 is 29.6 Å². The minimum atomic E-state index is -0.891. The molecule has 1 aliphatic heterocycles. The highest BCUT2D eigenvalue weighted by atomic mass is 16.5. The molecule has 0 unspecified atom stereocenters. The first-order chi connectivity index (χ1) is 18.5. The molecule has 3 aromatic rings. The molecule has 7 rings (SSSR count). The van der Waals surface area contributed by atoms with Gasteiger partial charge in [0, 0.05) is 17.4 Å². The second-order valence-corrected chi connectivity index (χ2v) is 9.56. The Morgan fingerprint density at radius 2 is 1.16 bits per heavy atom. The molecule has 3 aromatic carbocycles. The highest BCUT2D eigenvalue weighted by Crippen LogP contribution is 2.60. The van der Waals surface area contributed by atoms with Gasteiger partial charge in [-0.2, -0.15) is 0 Å². The number of carbonyl (C=O) groups excluding carboxylic acids is 5. The fraction of sp³-hybridized carbons (Fsp3) is 0.207. The second kappa shape index (κ2) is 9.26. The summed E-state index contributed by atoms with van der Waals surface area (Å²) in [7, 11) is 0. The molecule has 1 saturated heterocycles. The smallest absolute Gasteiger partial charge is 0.326 e. The van der Waals surface area contributed by atoms with Crippen LogP contribution in [0.3, 0.4) is 0 Å². The molecule has 4 aliphatic rings. The fourth-order valence-electron chi connectivity index (χ4n) is 6.04. The van der Waals surface area contributed by atoms with Crippen LogP contribution in [0.5, 0.6) is 0 Å². The van der Waals surface area contributed by atoms with Crippen LogP contribution in [0.2, 0.25) is 0 Å². The minimum Gasteiger partial charge on any atom is -0.454 e. The molecular weight excluding hydrogens is 486 g/mol. The Morgan fingerprint density at radius 1 is 0.684 bits per heavy atom. The first-order valence-corrected chi connectivity index (χ1v) is 12.3. The maximum absolute atomic E-state index is 13.5. The number of amides is 4. The summed E-state index contributed by atoms with van der Waals surface area (Å²) in [6, 6.07) is 24.0. The number of hydrazine groups is 1. The third-order valence-electron chi connectivity index (χ3n) is 7.54. The summed E-state index contributed by atoms with van der Waals surface area (Å²) in [5.41, 5.74) is 8.89. The number of likely N-dealkylation sites (tertiary alicyclic amines) is 1. The largest absolute Gasteiger partial charge is 0.454 e. The van der Waals surface area contributed by atoms with E-state index < -0.39 is 54.6 Å². The van der Waals surface area contributed by atoms with E-state index in [0.717, 1.165) is 27.2 Å². The summed E-state index contributed by atoms with van der Waals surface area (Å²) in [6.07, 6.45) is 0. The second-order valence-electron chi connectivity index (χ2n) is 9.56. The maximum atomic E-state index is 13.5. The Kier molecular flexibility index (Phi) is 5.75. The monoisotopic (exact) mass is 509 g/mol. The molecule has 9 heteroatoms. The zero-order valence-corrected chi connectivity index (χ0v) is 20.1. The van der Waals surface area contributed by atoms with Gasteiger partial charge in [-0.25, -0.2) is 0 Å². The number of ether oxygens (including phenoxy) is 1. The van der Waals surface area contributed by atoms with Crippen molar-refractivity contribution in [3.05, 3.63) is 107 Å². The summed E-state index contributed by atoms with van der Waals surface area (Å²) in [5, 5.41) is 0. The van der Waals surface area contributed by atoms with Gasteiger partial charge in [0.15, 0.2) is 6.61 Å². The SMILES string of the molecule is O=C(COC(=O)CN1C(=O)[C@@H]2C3c4ccccc4C(c4ccccc43)[C@H]2C1=O)NNC(=O)c1ccccc1. The van der Waals surface area contributed by atoms with Gasteiger partial charge >= 0.3 is 5.97 Å². The number of nitrogens with zero attached hydrogens (tertiary/aromatic N) is 1. The molecule has 0 spiro atoms. The van der Waals surface area contributed by atoms with Gasteiger partial charge in [0.2, 0.25) is 11.8 Å². The Morgan fingerprint density at radius 3 is 1.66 bits per heavy atom. The number of rotatable bonds is 5. The summed E-state index contributed by atoms with van der Waals surface area (Å²) < 4.78 is 5.00. The van der Waals surface area contributed by atoms with Gasteiger partial charge in [-0.1, -0.05) is 66.7 Å². The molecule has 2 N–H and O–H groups in total. The normalized spacial score (nSPS) is 22.3. The minimum absolute atomic E-state index is 0.270. The standard InChI is InChI=1S/C29H23N3O6/c33-21(30-31-27(35)16-8-2-1-3-9-16)15-38-22(34)14-32-28(36)25-23-17-10-4-5-11-18(17)24(26(25)29(32)37)20-13-7-6-12-19(20)23/h1-13,23-26H,14-15H2,(H,30,33)(H,31,35)/t23?,24?,25-,26-/m1/s1. The van der Waals surface area contributed by atoms with Crippen molar-refractivity contribution in [3.63, 3.8) is 0 Å². The lowest BCUT2D eigenvalue weighted by Gasteiger charge is -2.45. The van der Waals surface area contributed by atoms with E-state index in [2.05, 4.69) is 10.9 Å². The Balaban J connectivity index is 1.12. The van der Waals surface area contributed by atoms with Crippen molar-refractivity contribution < 1.29 is 28.7 Å². The third kappa shape index (κ3) is 3.75. The lowest BCUT2D eigenvalue weighted by Crippen LogP contribution is -2.44. The summed E-state index contributed by atoms with van der Waals surface area (Å²) in [4.78, 5) is 64.6. The van der Waals surface area contributed by atoms with Crippen LogP contribution >= 0.6 is 0 Å². The Labute approximate surface area is 217 Å². The van der Waals surface area contributed by atoms with Crippen molar-refractivity contribution in [2.24, 2.45) is 11.8 Å². The summed E-state index contributed by atoms with van der Waals surface area (Å²) in [5.74, 6) is -4.73. The molecule has 1 fully saturated rings. The highest BCUT2D eigenvalue weighted by Gasteiger charge is 2.61. The number of hydrogen-bond donors (Lipinski definition) is 2. The van der Waals surface area contributed by atoms with E-state index in [4.69, 9.17) is 4.74 Å². The quantitative estimate of drug-likeness (QED) is 0.308. The lowest BCUT2D eigenvalue weighted by atomic mass is 9.55. The summed E-state index contributed by atoms with van der Waals surface area (Å²) in [6.45, 7) is -1.26. The average molecular weight is 510 g/mol. The molecule has 9 nitrogen and oxygen atoms in total. The molecular formula is C29H23N3O6. The zero-order valence-electron chi connectivity index (χ0n) is 20.1. The molecule has 190 valence electrons. The van der Waals surface area contributed by atoms with Crippen LogP contribution in [-0.2, 0) is 23.9 Å². The molecule has 4 amide bonds. The van der Waals surface area contributed by atoms with Crippen molar-refractivity contribution in [1.82, 2.24) is 15.8 Å². The van der Waals surface area contributed by atoms with E-state index in [1.165, 1.54) is 0 Å². The molecule has 1 heterocycles. The highest BCUT2D eigenvalue weighted by molar-refractivity contribution is 6.09. The van der Waals surface area contributed by atoms with E-state index in [9.17, 15) is 24.0 Å². The summed E-state index contributed by atoms with van der Waals surface area (Å²) >= 11 is 0. The number of esters is 1. The topological polar surface area (TPSA) is 122 Å². The van der Waals surface area contributed by atoms with Crippen LogP contribution in [0.1, 0.15) is 44.4 Å². The van der Waals surface area contributed by atoms with Crippen LogP contribution in [0, 0.1) is 11.8 Å². The van der Waals surface area contributed by atoms with E-state index in [1.807, 2.05) is 48.5 Å². The van der Waals surface area contributed by atoms with Crippen molar-refractivity contribution in [1.29, 1.82) is 0 Å². The van der Waals surface area contributed by atoms with E-state index in [-0.39, 0.29) is 11.8 Å². The number of nitrogens with one attached hydrogen (secondary N) is 2. The van der Waals surface area contributed by atoms with Crippen molar-refractivity contribution in [2.75, 3.05) is 13.2 Å². The molecule has 2 atom stereocenters. The van der Waals surface area contributed by atoms with Gasteiger partial charge in [0.25, 0.3) is 11.8 Å². The van der Waals surface area contributed by atoms with Crippen LogP contribution in [0.15, 0.2) is 78.9 Å². The average Bonchev–Trinajstić information content (AvgIpc) is 3.20. The van der Waals surface area contributed by atoms with E-state index in [0.29, 0.717) is 5.56 Å². The molecule has 3 aliphatic carbocycles. The van der Waals surface area contributed by atoms with Crippen LogP contribution < -0.4 is 10.9 Å². The zero-order chi connectivity index (χ0) is 26.4. The Hall–Kier alpha value is -4.79. The molecule has 0 aromatic heterocycles. The first kappa shape index (κ1) is 23.6. The van der Waals surface area contributed by atoms with Crippen LogP contribution in [-0.4, -0.2) is 47.6 Å².